The van der Waals surface area contributed by atoms with Crippen molar-refractivity contribution in [1.82, 2.24) is 4.98 Å². The summed E-state index contributed by atoms with van der Waals surface area (Å²) in [6.07, 6.45) is 5.17. The van der Waals surface area contributed by atoms with Crippen molar-refractivity contribution in [2.24, 2.45) is 5.92 Å². The first kappa shape index (κ1) is 13.1. The maximum Gasteiger partial charge on any atom is 0.354 e. The summed E-state index contributed by atoms with van der Waals surface area (Å²) in [5.74, 6) is 0.000493. The van der Waals surface area contributed by atoms with E-state index >= 15 is 0 Å². The molecule has 2 aliphatic rings. The molecule has 1 saturated carbocycles. The zero-order valence-corrected chi connectivity index (χ0v) is 11.2. The van der Waals surface area contributed by atoms with Crippen LogP contribution in [-0.2, 0) is 4.74 Å². The van der Waals surface area contributed by atoms with Crippen LogP contribution in [0.3, 0.4) is 0 Å². The Kier molecular flexibility index (Phi) is 3.69. The summed E-state index contributed by atoms with van der Waals surface area (Å²) >= 11 is 0. The standard InChI is InChI=1S/C15H17NO4/c17-15(18)13-4-3-12(11-5-7-19-8-6-11)14(16-13)20-9-10-1-2-10/h3-5,10H,1-2,6-9H2,(H,17,18). The molecule has 0 bridgehead atoms. The number of hydrogen-bond acceptors (Lipinski definition) is 4. The maximum atomic E-state index is 11.0. The minimum absolute atomic E-state index is 0.0206. The van der Waals surface area contributed by atoms with Gasteiger partial charge in [0.2, 0.25) is 5.88 Å². The Hall–Kier alpha value is -1.88. The lowest BCUT2D eigenvalue weighted by molar-refractivity contribution is 0.0689. The highest BCUT2D eigenvalue weighted by Crippen LogP contribution is 2.32. The van der Waals surface area contributed by atoms with Gasteiger partial charge >= 0.3 is 5.97 Å². The van der Waals surface area contributed by atoms with Crippen molar-refractivity contribution in [2.45, 2.75) is 19.3 Å². The van der Waals surface area contributed by atoms with Gasteiger partial charge in [-0.25, -0.2) is 9.78 Å². The molecule has 0 radical (unpaired) electrons. The minimum atomic E-state index is -1.03. The molecule has 1 aliphatic carbocycles. The van der Waals surface area contributed by atoms with Crippen molar-refractivity contribution in [3.63, 3.8) is 0 Å². The third kappa shape index (κ3) is 2.99. The smallest absolute Gasteiger partial charge is 0.354 e. The summed E-state index contributed by atoms with van der Waals surface area (Å²) in [5.41, 5.74) is 2.03. The summed E-state index contributed by atoms with van der Waals surface area (Å²) in [6.45, 7) is 1.87. The van der Waals surface area contributed by atoms with Crippen LogP contribution < -0.4 is 4.74 Å². The summed E-state index contributed by atoms with van der Waals surface area (Å²) < 4.78 is 11.0. The van der Waals surface area contributed by atoms with Crippen LogP contribution in [0.2, 0.25) is 0 Å². The van der Waals surface area contributed by atoms with E-state index in [9.17, 15) is 4.79 Å². The average Bonchev–Trinajstić information content (AvgIpc) is 3.30. The van der Waals surface area contributed by atoms with Gasteiger partial charge in [0.15, 0.2) is 5.69 Å². The van der Waals surface area contributed by atoms with Crippen LogP contribution in [0.1, 0.15) is 35.3 Å². The molecule has 1 aliphatic heterocycles. The van der Waals surface area contributed by atoms with E-state index < -0.39 is 5.97 Å². The number of nitrogens with zero attached hydrogens (tertiary/aromatic N) is 1. The Morgan fingerprint density at radius 3 is 2.95 bits per heavy atom. The van der Waals surface area contributed by atoms with E-state index in [1.54, 1.807) is 6.07 Å². The van der Waals surface area contributed by atoms with Crippen molar-refractivity contribution < 1.29 is 19.4 Å². The number of rotatable bonds is 5. The molecule has 1 fully saturated rings. The molecule has 0 spiro atoms. The third-order valence-electron chi connectivity index (χ3n) is 3.54. The van der Waals surface area contributed by atoms with Crippen molar-refractivity contribution >= 4 is 11.5 Å². The highest BCUT2D eigenvalue weighted by molar-refractivity contribution is 5.86. The lowest BCUT2D eigenvalue weighted by Crippen LogP contribution is -2.10. The number of aromatic nitrogens is 1. The molecular formula is C15H17NO4. The lowest BCUT2D eigenvalue weighted by Gasteiger charge is -2.17. The molecule has 0 atom stereocenters. The van der Waals surface area contributed by atoms with E-state index in [0.717, 1.165) is 17.6 Å². The van der Waals surface area contributed by atoms with E-state index in [-0.39, 0.29) is 5.69 Å². The molecule has 5 nitrogen and oxygen atoms in total. The van der Waals surface area contributed by atoms with Gasteiger partial charge in [0.05, 0.1) is 19.8 Å². The van der Waals surface area contributed by atoms with Crippen molar-refractivity contribution in [1.29, 1.82) is 0 Å². The largest absolute Gasteiger partial charge is 0.477 e. The maximum absolute atomic E-state index is 11.0. The Balaban J connectivity index is 1.89. The normalized spacial score (nSPS) is 18.5. The van der Waals surface area contributed by atoms with E-state index in [1.807, 2.05) is 6.08 Å². The van der Waals surface area contributed by atoms with Crippen molar-refractivity contribution in [3.05, 3.63) is 29.5 Å². The Labute approximate surface area is 117 Å². The van der Waals surface area contributed by atoms with Crippen LogP contribution in [0.5, 0.6) is 5.88 Å². The fourth-order valence-corrected chi connectivity index (χ4v) is 2.17. The van der Waals surface area contributed by atoms with E-state index in [0.29, 0.717) is 31.6 Å². The van der Waals surface area contributed by atoms with Crippen LogP contribution in [0.15, 0.2) is 18.2 Å². The molecule has 3 rings (SSSR count). The highest BCUT2D eigenvalue weighted by Gasteiger charge is 2.24. The van der Waals surface area contributed by atoms with Gasteiger partial charge in [-0.2, -0.15) is 0 Å². The minimum Gasteiger partial charge on any atom is -0.477 e. The molecule has 1 aromatic heterocycles. The second-order valence-electron chi connectivity index (χ2n) is 5.16. The molecule has 0 aromatic carbocycles. The van der Waals surface area contributed by atoms with E-state index in [4.69, 9.17) is 14.6 Å². The zero-order valence-electron chi connectivity index (χ0n) is 11.2. The Morgan fingerprint density at radius 2 is 2.30 bits per heavy atom. The molecule has 5 heteroatoms. The zero-order chi connectivity index (χ0) is 13.9. The number of ether oxygens (including phenoxy) is 2. The van der Waals surface area contributed by atoms with Gasteiger partial charge < -0.3 is 14.6 Å². The van der Waals surface area contributed by atoms with Crippen LogP contribution in [0.25, 0.3) is 5.57 Å². The lowest BCUT2D eigenvalue weighted by atomic mass is 10.0. The Morgan fingerprint density at radius 1 is 1.45 bits per heavy atom. The van der Waals surface area contributed by atoms with Gasteiger partial charge in [0.25, 0.3) is 0 Å². The van der Waals surface area contributed by atoms with Crippen LogP contribution in [0.4, 0.5) is 0 Å². The van der Waals surface area contributed by atoms with Gasteiger partial charge in [-0.3, -0.25) is 0 Å². The molecular weight excluding hydrogens is 258 g/mol. The molecule has 1 aromatic rings. The average molecular weight is 275 g/mol. The first-order valence-corrected chi connectivity index (χ1v) is 6.88. The summed E-state index contributed by atoms with van der Waals surface area (Å²) in [4.78, 5) is 15.2. The third-order valence-corrected chi connectivity index (χ3v) is 3.54. The van der Waals surface area contributed by atoms with Crippen LogP contribution >= 0.6 is 0 Å². The fourth-order valence-electron chi connectivity index (χ4n) is 2.17. The number of hydrogen-bond donors (Lipinski definition) is 1. The monoisotopic (exact) mass is 275 g/mol. The molecule has 0 unspecified atom stereocenters. The number of aromatic carboxylic acids is 1. The topological polar surface area (TPSA) is 68.7 Å². The predicted molar refractivity (Wildman–Crippen MR) is 72.8 cm³/mol. The summed E-state index contributed by atoms with van der Waals surface area (Å²) in [7, 11) is 0. The molecule has 20 heavy (non-hydrogen) atoms. The fraction of sp³-hybridized carbons (Fsp3) is 0.467. The molecule has 0 amide bonds. The van der Waals surface area contributed by atoms with E-state index in [2.05, 4.69) is 4.98 Å². The molecule has 0 saturated heterocycles. The van der Waals surface area contributed by atoms with Gasteiger partial charge in [-0.15, -0.1) is 0 Å². The van der Waals surface area contributed by atoms with Gasteiger partial charge in [0.1, 0.15) is 0 Å². The number of carboxylic acids is 1. The Bertz CT molecular complexity index is 549. The quantitative estimate of drug-likeness (QED) is 0.893. The van der Waals surface area contributed by atoms with Crippen molar-refractivity contribution in [2.75, 3.05) is 19.8 Å². The number of pyridine rings is 1. The van der Waals surface area contributed by atoms with E-state index in [1.165, 1.54) is 18.9 Å². The molecule has 1 N–H and O–H groups in total. The predicted octanol–water partition coefficient (Wildman–Crippen LogP) is 2.37. The van der Waals surface area contributed by atoms with Crippen LogP contribution in [-0.4, -0.2) is 35.9 Å². The van der Waals surface area contributed by atoms with Gasteiger partial charge in [-0.1, -0.05) is 6.08 Å². The second-order valence-corrected chi connectivity index (χ2v) is 5.16. The van der Waals surface area contributed by atoms with Gasteiger partial charge in [0, 0.05) is 5.56 Å². The van der Waals surface area contributed by atoms with Crippen molar-refractivity contribution in [3.8, 4) is 5.88 Å². The SMILES string of the molecule is O=C(O)c1ccc(C2=CCOCC2)c(OCC2CC2)n1. The highest BCUT2D eigenvalue weighted by atomic mass is 16.5. The second kappa shape index (κ2) is 5.63. The van der Waals surface area contributed by atoms with Gasteiger partial charge in [-0.05, 0) is 42.9 Å². The van der Waals surface area contributed by atoms with Crippen LogP contribution in [0, 0.1) is 5.92 Å². The molecule has 2 heterocycles. The summed E-state index contributed by atoms with van der Waals surface area (Å²) in [6, 6.07) is 3.31. The number of carbonyl (C=O) groups is 1. The first-order valence-electron chi connectivity index (χ1n) is 6.88. The summed E-state index contributed by atoms with van der Waals surface area (Å²) in [5, 5.41) is 9.05. The number of carboxylic acid groups (broad SMARTS) is 1. The first-order chi connectivity index (χ1) is 9.74. The molecule has 106 valence electrons.